The van der Waals surface area contributed by atoms with Crippen LogP contribution >= 0.6 is 0 Å². The molecule has 0 bridgehead atoms. The van der Waals surface area contributed by atoms with E-state index < -0.39 is 15.9 Å². The molecule has 2 aromatic rings. The number of aromatic nitrogens is 4. The molecule has 3 heterocycles. The van der Waals surface area contributed by atoms with Gasteiger partial charge in [0.25, 0.3) is 5.91 Å². The van der Waals surface area contributed by atoms with E-state index in [0.717, 1.165) is 0 Å². The molecule has 0 spiro atoms. The van der Waals surface area contributed by atoms with E-state index >= 15 is 0 Å². The van der Waals surface area contributed by atoms with Crippen LogP contribution in [-0.4, -0.2) is 93.2 Å². The summed E-state index contributed by atoms with van der Waals surface area (Å²) in [5, 5.41) is 21.1. The Morgan fingerprint density at radius 2 is 2.00 bits per heavy atom. The van der Waals surface area contributed by atoms with Crippen LogP contribution in [0, 0.1) is 0 Å². The Morgan fingerprint density at radius 3 is 2.69 bits per heavy atom. The minimum atomic E-state index is -3.18. The highest BCUT2D eigenvalue weighted by Gasteiger charge is 2.47. The van der Waals surface area contributed by atoms with Crippen LogP contribution in [0.5, 0.6) is 5.75 Å². The summed E-state index contributed by atoms with van der Waals surface area (Å²) in [7, 11) is -1.31. The van der Waals surface area contributed by atoms with Gasteiger partial charge in [0.2, 0.25) is 0 Å². The third-order valence-electron chi connectivity index (χ3n) is 5.04. The fourth-order valence-corrected chi connectivity index (χ4v) is 5.71. The topological polar surface area (TPSA) is 122 Å². The van der Waals surface area contributed by atoms with Crippen molar-refractivity contribution < 1.29 is 18.3 Å². The third kappa shape index (κ3) is 2.82. The maximum Gasteiger partial charge on any atom is 0.257 e. The second-order valence-electron chi connectivity index (χ2n) is 6.65. The van der Waals surface area contributed by atoms with Crippen molar-refractivity contribution in [3.8, 4) is 11.4 Å². The zero-order chi connectivity index (χ0) is 18.5. The average molecular weight is 378 g/mol. The van der Waals surface area contributed by atoms with Crippen molar-refractivity contribution in [1.29, 1.82) is 0 Å². The first kappa shape index (κ1) is 16.9. The highest BCUT2D eigenvalue weighted by atomic mass is 32.2. The summed E-state index contributed by atoms with van der Waals surface area (Å²) in [5.74, 6) is -0.551. The predicted molar refractivity (Wildman–Crippen MR) is 90.7 cm³/mol. The number of phenols is 1. The van der Waals surface area contributed by atoms with Crippen LogP contribution in [0.1, 0.15) is 10.4 Å². The Kier molecular flexibility index (Phi) is 3.92. The maximum atomic E-state index is 13.0. The molecular weight excluding hydrogens is 360 g/mol. The number of likely N-dealkylation sites (N-methyl/N-ethyl adjacent to an activating group) is 1. The Morgan fingerprint density at radius 1 is 1.23 bits per heavy atom. The van der Waals surface area contributed by atoms with E-state index in [0.29, 0.717) is 18.8 Å². The lowest BCUT2D eigenvalue weighted by atomic mass is 10.0. The molecule has 2 saturated heterocycles. The minimum absolute atomic E-state index is 0.0444. The molecule has 26 heavy (non-hydrogen) atoms. The van der Waals surface area contributed by atoms with Gasteiger partial charge in [-0.15, -0.1) is 5.10 Å². The molecule has 1 aromatic carbocycles. The van der Waals surface area contributed by atoms with E-state index in [2.05, 4.69) is 15.5 Å². The Labute approximate surface area is 149 Å². The number of tetrazole rings is 1. The van der Waals surface area contributed by atoms with Gasteiger partial charge in [-0.3, -0.25) is 9.69 Å². The van der Waals surface area contributed by atoms with Gasteiger partial charge in [-0.05, 0) is 29.6 Å². The van der Waals surface area contributed by atoms with Crippen LogP contribution in [0.2, 0.25) is 0 Å². The zero-order valence-corrected chi connectivity index (χ0v) is 14.9. The normalized spacial score (nSPS) is 25.2. The minimum Gasteiger partial charge on any atom is -0.507 e. The van der Waals surface area contributed by atoms with Gasteiger partial charge in [0.1, 0.15) is 12.1 Å². The Hall–Kier alpha value is -2.53. The number of piperazine rings is 1. The molecule has 138 valence electrons. The van der Waals surface area contributed by atoms with E-state index in [1.165, 1.54) is 23.1 Å². The summed E-state index contributed by atoms with van der Waals surface area (Å²) < 4.78 is 25.5. The van der Waals surface area contributed by atoms with Crippen molar-refractivity contribution in [2.45, 2.75) is 12.1 Å². The van der Waals surface area contributed by atoms with Crippen LogP contribution < -0.4 is 0 Å². The summed E-state index contributed by atoms with van der Waals surface area (Å²) in [5.41, 5.74) is 0.651. The summed E-state index contributed by atoms with van der Waals surface area (Å²) in [4.78, 5) is 16.5. The summed E-state index contributed by atoms with van der Waals surface area (Å²) in [6.07, 6.45) is 1.38. The average Bonchev–Trinajstić information content (AvgIpc) is 3.22. The van der Waals surface area contributed by atoms with Crippen molar-refractivity contribution in [2.24, 2.45) is 0 Å². The summed E-state index contributed by atoms with van der Waals surface area (Å²) in [6.45, 7) is 1.01. The number of hydrogen-bond acceptors (Lipinski definition) is 8. The molecule has 10 nitrogen and oxygen atoms in total. The van der Waals surface area contributed by atoms with Gasteiger partial charge in [0.05, 0.1) is 28.8 Å². The fourth-order valence-electron chi connectivity index (χ4n) is 3.66. The zero-order valence-electron chi connectivity index (χ0n) is 14.1. The predicted octanol–water partition coefficient (Wildman–Crippen LogP) is -1.08. The molecule has 2 atom stereocenters. The first-order valence-corrected chi connectivity index (χ1v) is 9.96. The van der Waals surface area contributed by atoms with Gasteiger partial charge in [-0.25, -0.2) is 13.1 Å². The number of benzene rings is 1. The van der Waals surface area contributed by atoms with Gasteiger partial charge in [-0.1, -0.05) is 0 Å². The molecular formula is C15H18N6O4S. The Balaban J connectivity index is 1.63. The largest absolute Gasteiger partial charge is 0.507 e. The number of phenolic OH excluding ortho intramolecular Hbond substituents is 1. The van der Waals surface area contributed by atoms with Crippen LogP contribution in [0.15, 0.2) is 24.5 Å². The second kappa shape index (κ2) is 6.02. The maximum absolute atomic E-state index is 13.0. The molecule has 1 amide bonds. The second-order valence-corrected chi connectivity index (χ2v) is 8.80. The van der Waals surface area contributed by atoms with E-state index in [4.69, 9.17) is 0 Å². The highest BCUT2D eigenvalue weighted by Crippen LogP contribution is 2.29. The summed E-state index contributed by atoms with van der Waals surface area (Å²) >= 11 is 0. The van der Waals surface area contributed by atoms with Crippen molar-refractivity contribution in [3.63, 3.8) is 0 Å². The lowest BCUT2D eigenvalue weighted by Gasteiger charge is -2.42. The van der Waals surface area contributed by atoms with E-state index in [1.807, 2.05) is 11.9 Å². The molecule has 1 N–H and O–H groups in total. The van der Waals surface area contributed by atoms with Gasteiger partial charge in [-0.2, -0.15) is 0 Å². The standard InChI is InChI=1S/C15H18N6O4S/c1-19-4-5-20(13-8-26(24,25)7-12(13)19)15(23)11-3-2-10(6-14(11)22)21-9-16-17-18-21/h2-3,6,9,12-13,22H,4-5,7-8H2,1H3/t12-,13+/m0/s1. The summed E-state index contributed by atoms with van der Waals surface area (Å²) in [6, 6.07) is 3.93. The van der Waals surface area contributed by atoms with E-state index in [9.17, 15) is 18.3 Å². The number of rotatable bonds is 2. The van der Waals surface area contributed by atoms with Crippen LogP contribution in [-0.2, 0) is 9.84 Å². The number of amides is 1. The van der Waals surface area contributed by atoms with Crippen molar-refractivity contribution in [2.75, 3.05) is 31.6 Å². The molecule has 0 aliphatic carbocycles. The Bertz CT molecular complexity index is 945. The molecule has 0 saturated carbocycles. The van der Waals surface area contributed by atoms with E-state index in [-0.39, 0.29) is 34.8 Å². The molecule has 2 aliphatic heterocycles. The number of aromatic hydroxyl groups is 1. The third-order valence-corrected chi connectivity index (χ3v) is 6.74. The molecule has 0 unspecified atom stereocenters. The fraction of sp³-hybridized carbons (Fsp3) is 0.467. The van der Waals surface area contributed by atoms with Crippen molar-refractivity contribution in [3.05, 3.63) is 30.1 Å². The molecule has 11 heteroatoms. The smallest absolute Gasteiger partial charge is 0.257 e. The van der Waals surface area contributed by atoms with Gasteiger partial charge < -0.3 is 10.0 Å². The van der Waals surface area contributed by atoms with Gasteiger partial charge >= 0.3 is 0 Å². The number of nitrogens with zero attached hydrogens (tertiary/aromatic N) is 6. The van der Waals surface area contributed by atoms with Gasteiger partial charge in [0.15, 0.2) is 9.84 Å². The number of fused-ring (bicyclic) bond motifs is 1. The van der Waals surface area contributed by atoms with Crippen LogP contribution in [0.25, 0.3) is 5.69 Å². The van der Waals surface area contributed by atoms with Crippen molar-refractivity contribution >= 4 is 15.7 Å². The lowest BCUT2D eigenvalue weighted by molar-refractivity contribution is 0.0407. The first-order chi connectivity index (χ1) is 12.4. The molecule has 1 aromatic heterocycles. The van der Waals surface area contributed by atoms with Crippen LogP contribution in [0.3, 0.4) is 0 Å². The highest BCUT2D eigenvalue weighted by molar-refractivity contribution is 7.91. The lowest BCUT2D eigenvalue weighted by Crippen LogP contribution is -2.59. The van der Waals surface area contributed by atoms with E-state index in [1.54, 1.807) is 11.0 Å². The van der Waals surface area contributed by atoms with Crippen molar-refractivity contribution in [1.82, 2.24) is 30.0 Å². The number of carbonyl (C=O) groups excluding carboxylic acids is 1. The molecule has 4 rings (SSSR count). The number of carbonyl (C=O) groups is 1. The number of hydrogen-bond donors (Lipinski definition) is 1. The number of sulfone groups is 1. The van der Waals surface area contributed by atoms with Crippen LogP contribution in [0.4, 0.5) is 0 Å². The molecule has 2 fully saturated rings. The molecule has 2 aliphatic rings. The monoisotopic (exact) mass is 378 g/mol. The quantitative estimate of drug-likeness (QED) is 0.700. The molecule has 0 radical (unpaired) electrons. The van der Waals surface area contributed by atoms with Gasteiger partial charge in [0, 0.05) is 25.2 Å². The SMILES string of the molecule is CN1CCN(C(=O)c2ccc(-n3cnnn3)cc2O)[C@@H]2CS(=O)(=O)C[C@@H]21. The first-order valence-electron chi connectivity index (χ1n) is 8.14.